The van der Waals surface area contributed by atoms with Crippen LogP contribution in [0, 0.1) is 0 Å². The number of benzene rings is 1. The quantitative estimate of drug-likeness (QED) is 0.817. The number of primary amides is 1. The molecule has 0 heterocycles. The number of carbonyl (C=O) groups excluding carboxylic acids is 2. The van der Waals surface area contributed by atoms with Gasteiger partial charge >= 0.3 is 5.97 Å². The number of aromatic hydroxyl groups is 1. The van der Waals surface area contributed by atoms with Crippen LogP contribution in [0.4, 0.5) is 0 Å². The highest BCUT2D eigenvalue weighted by Gasteiger charge is 2.18. The third-order valence-electron chi connectivity index (χ3n) is 1.86. The number of hydrogen-bond acceptors (Lipinski definition) is 4. The van der Waals surface area contributed by atoms with Crippen LogP contribution >= 0.6 is 15.9 Å². The van der Waals surface area contributed by atoms with Gasteiger partial charge in [0.05, 0.1) is 0 Å². The Hall–Kier alpha value is -1.56. The van der Waals surface area contributed by atoms with Crippen molar-refractivity contribution in [2.75, 3.05) is 0 Å². The molecule has 16 heavy (non-hydrogen) atoms. The minimum absolute atomic E-state index is 0.0255. The van der Waals surface area contributed by atoms with Crippen molar-refractivity contribution < 1.29 is 19.4 Å². The lowest BCUT2D eigenvalue weighted by molar-refractivity contribution is -0.125. The molecule has 1 amide bonds. The minimum Gasteiger partial charge on any atom is -0.507 e. The Labute approximate surface area is 100 Å². The van der Waals surface area contributed by atoms with E-state index in [0.717, 1.165) is 0 Å². The third-order valence-corrected chi connectivity index (χ3v) is 2.36. The van der Waals surface area contributed by atoms with E-state index >= 15 is 0 Å². The Morgan fingerprint density at radius 2 is 2.12 bits per heavy atom. The molecule has 0 aliphatic carbocycles. The molecule has 0 aliphatic heterocycles. The van der Waals surface area contributed by atoms with Crippen molar-refractivity contribution in [2.45, 2.75) is 13.0 Å². The maximum atomic E-state index is 11.5. The maximum Gasteiger partial charge on any atom is 0.342 e. The molecule has 0 aliphatic rings. The summed E-state index contributed by atoms with van der Waals surface area (Å²) in [4.78, 5) is 22.2. The number of esters is 1. The first-order valence-corrected chi connectivity index (χ1v) is 5.20. The molecule has 0 saturated carbocycles. The SMILES string of the molecule is CC(OC(=O)c1cc(Br)ccc1O)C(N)=O. The molecule has 0 fully saturated rings. The van der Waals surface area contributed by atoms with Crippen LogP contribution in [0.2, 0.25) is 0 Å². The van der Waals surface area contributed by atoms with Crippen molar-refractivity contribution in [1.82, 2.24) is 0 Å². The third kappa shape index (κ3) is 2.96. The number of phenolic OH excluding ortho intramolecular Hbond substituents is 1. The summed E-state index contributed by atoms with van der Waals surface area (Å²) in [7, 11) is 0. The Balaban J connectivity index is 2.88. The van der Waals surface area contributed by atoms with Crippen molar-refractivity contribution >= 4 is 27.8 Å². The van der Waals surface area contributed by atoms with Crippen LogP contribution in [0.5, 0.6) is 5.75 Å². The molecule has 0 saturated heterocycles. The second-order valence-electron chi connectivity index (χ2n) is 3.11. The summed E-state index contributed by atoms with van der Waals surface area (Å²) in [6.07, 6.45) is -1.04. The zero-order valence-corrected chi connectivity index (χ0v) is 10.0. The lowest BCUT2D eigenvalue weighted by Gasteiger charge is -2.10. The van der Waals surface area contributed by atoms with E-state index in [2.05, 4.69) is 15.9 Å². The average Bonchev–Trinajstić information content (AvgIpc) is 2.21. The van der Waals surface area contributed by atoms with Crippen LogP contribution in [0.1, 0.15) is 17.3 Å². The van der Waals surface area contributed by atoms with Gasteiger partial charge in [0.2, 0.25) is 0 Å². The highest BCUT2D eigenvalue weighted by Crippen LogP contribution is 2.22. The molecular formula is C10H10BrNO4. The fraction of sp³-hybridized carbons (Fsp3) is 0.200. The topological polar surface area (TPSA) is 89.6 Å². The van der Waals surface area contributed by atoms with Gasteiger partial charge in [0.25, 0.3) is 5.91 Å². The predicted molar refractivity (Wildman–Crippen MR) is 59.9 cm³/mol. The average molecular weight is 288 g/mol. The van der Waals surface area contributed by atoms with Crippen LogP contribution in [-0.2, 0) is 9.53 Å². The number of ether oxygens (including phenoxy) is 1. The van der Waals surface area contributed by atoms with Gasteiger partial charge in [0.15, 0.2) is 6.10 Å². The van der Waals surface area contributed by atoms with Crippen LogP contribution in [0.15, 0.2) is 22.7 Å². The summed E-state index contributed by atoms with van der Waals surface area (Å²) in [5.74, 6) is -1.77. The summed E-state index contributed by atoms with van der Waals surface area (Å²) in [5, 5.41) is 9.42. The Morgan fingerprint density at radius 3 is 2.69 bits per heavy atom. The molecule has 0 aromatic heterocycles. The first-order valence-electron chi connectivity index (χ1n) is 4.40. The first kappa shape index (κ1) is 12.5. The predicted octanol–water partition coefficient (Wildman–Crippen LogP) is 1.19. The zero-order valence-electron chi connectivity index (χ0n) is 8.44. The zero-order chi connectivity index (χ0) is 12.3. The van der Waals surface area contributed by atoms with Crippen LogP contribution in [-0.4, -0.2) is 23.1 Å². The standard InChI is InChI=1S/C10H10BrNO4/c1-5(9(12)14)16-10(15)7-4-6(11)2-3-8(7)13/h2-5,13H,1H3,(H2,12,14). The van der Waals surface area contributed by atoms with Crippen LogP contribution in [0.25, 0.3) is 0 Å². The Morgan fingerprint density at radius 1 is 1.50 bits per heavy atom. The molecule has 6 heteroatoms. The molecule has 86 valence electrons. The van der Waals surface area contributed by atoms with Gasteiger partial charge in [-0.3, -0.25) is 4.79 Å². The van der Waals surface area contributed by atoms with E-state index in [-0.39, 0.29) is 11.3 Å². The number of carbonyl (C=O) groups is 2. The van der Waals surface area contributed by atoms with Crippen molar-refractivity contribution in [2.24, 2.45) is 5.73 Å². The summed E-state index contributed by atoms with van der Waals surface area (Å²) in [5.41, 5.74) is 4.92. The highest BCUT2D eigenvalue weighted by atomic mass is 79.9. The van der Waals surface area contributed by atoms with Crippen molar-refractivity contribution in [1.29, 1.82) is 0 Å². The summed E-state index contributed by atoms with van der Waals surface area (Å²) >= 11 is 3.15. The number of amides is 1. The highest BCUT2D eigenvalue weighted by molar-refractivity contribution is 9.10. The van der Waals surface area contributed by atoms with Crippen LogP contribution in [0.3, 0.4) is 0 Å². The van der Waals surface area contributed by atoms with Gasteiger partial charge in [0.1, 0.15) is 11.3 Å². The number of phenols is 1. The molecule has 3 N–H and O–H groups in total. The van der Waals surface area contributed by atoms with Gasteiger partial charge in [-0.15, -0.1) is 0 Å². The van der Waals surface area contributed by atoms with E-state index in [0.29, 0.717) is 4.47 Å². The van der Waals surface area contributed by atoms with Gasteiger partial charge in [-0.25, -0.2) is 4.79 Å². The normalized spacial score (nSPS) is 11.9. The van der Waals surface area contributed by atoms with Gasteiger partial charge in [-0.2, -0.15) is 0 Å². The summed E-state index contributed by atoms with van der Waals surface area (Å²) in [6.45, 7) is 1.36. The summed E-state index contributed by atoms with van der Waals surface area (Å²) in [6, 6.07) is 4.31. The van der Waals surface area contributed by atoms with Gasteiger partial charge in [-0.05, 0) is 25.1 Å². The largest absolute Gasteiger partial charge is 0.507 e. The second-order valence-corrected chi connectivity index (χ2v) is 4.03. The molecule has 1 atom stereocenters. The number of halogens is 1. The van der Waals surface area contributed by atoms with E-state index in [1.54, 1.807) is 6.07 Å². The van der Waals surface area contributed by atoms with E-state index in [1.165, 1.54) is 19.1 Å². The fourth-order valence-electron chi connectivity index (χ4n) is 0.954. The molecule has 0 bridgehead atoms. The number of nitrogens with two attached hydrogens (primary N) is 1. The Bertz CT molecular complexity index is 433. The lowest BCUT2D eigenvalue weighted by atomic mass is 10.2. The van der Waals surface area contributed by atoms with Crippen molar-refractivity contribution in [3.8, 4) is 5.75 Å². The smallest absolute Gasteiger partial charge is 0.342 e. The Kier molecular flexibility index (Phi) is 3.89. The van der Waals surface area contributed by atoms with Crippen molar-refractivity contribution in [3.05, 3.63) is 28.2 Å². The molecular weight excluding hydrogens is 278 g/mol. The molecule has 1 unspecified atom stereocenters. The van der Waals surface area contributed by atoms with E-state index in [4.69, 9.17) is 10.5 Å². The molecule has 1 aromatic rings. The molecule has 5 nitrogen and oxygen atoms in total. The fourth-order valence-corrected chi connectivity index (χ4v) is 1.31. The van der Waals surface area contributed by atoms with Crippen LogP contribution < -0.4 is 5.73 Å². The number of rotatable bonds is 3. The van der Waals surface area contributed by atoms with Gasteiger partial charge in [-0.1, -0.05) is 15.9 Å². The molecule has 0 radical (unpaired) electrons. The molecule has 1 rings (SSSR count). The van der Waals surface area contributed by atoms with E-state index in [1.807, 2.05) is 0 Å². The molecule has 0 spiro atoms. The van der Waals surface area contributed by atoms with Gasteiger partial charge in [0, 0.05) is 4.47 Å². The minimum atomic E-state index is -1.04. The first-order chi connectivity index (χ1) is 7.41. The van der Waals surface area contributed by atoms with E-state index in [9.17, 15) is 14.7 Å². The summed E-state index contributed by atoms with van der Waals surface area (Å²) < 4.78 is 5.35. The van der Waals surface area contributed by atoms with Gasteiger partial charge < -0.3 is 15.6 Å². The molecule has 1 aromatic carbocycles. The monoisotopic (exact) mass is 287 g/mol. The lowest BCUT2D eigenvalue weighted by Crippen LogP contribution is -2.30. The second kappa shape index (κ2) is 4.98. The number of hydrogen-bond donors (Lipinski definition) is 2. The van der Waals surface area contributed by atoms with E-state index < -0.39 is 18.0 Å². The van der Waals surface area contributed by atoms with Crippen molar-refractivity contribution in [3.63, 3.8) is 0 Å². The maximum absolute atomic E-state index is 11.5.